The lowest BCUT2D eigenvalue weighted by Gasteiger charge is -2.11. The predicted octanol–water partition coefficient (Wildman–Crippen LogP) is 5.67. The standard InChI is InChI=1S/C25H21NO3S/c1-16-12-18(3)21(13-17(16)2)22(27)15-29-25(28)20-9-5-7-11-24(20)30-23-10-6-4-8-19(23)14-26/h4-13H,15H2,1-3H3. The molecule has 0 saturated heterocycles. The summed E-state index contributed by atoms with van der Waals surface area (Å²) < 4.78 is 5.34. The van der Waals surface area contributed by atoms with Gasteiger partial charge in [0.05, 0.1) is 11.1 Å². The number of nitrogens with zero attached hydrogens (tertiary/aromatic N) is 1. The zero-order chi connectivity index (χ0) is 21.7. The van der Waals surface area contributed by atoms with Crippen molar-refractivity contribution in [2.75, 3.05) is 6.61 Å². The third-order valence-corrected chi connectivity index (χ3v) is 5.96. The Balaban J connectivity index is 1.76. The van der Waals surface area contributed by atoms with E-state index in [0.717, 1.165) is 21.6 Å². The minimum atomic E-state index is -0.567. The van der Waals surface area contributed by atoms with Crippen LogP contribution in [0, 0.1) is 32.1 Å². The van der Waals surface area contributed by atoms with Gasteiger partial charge in [0.2, 0.25) is 5.78 Å². The summed E-state index contributed by atoms with van der Waals surface area (Å²) in [6, 6.07) is 20.2. The van der Waals surface area contributed by atoms with E-state index in [1.54, 1.807) is 30.3 Å². The SMILES string of the molecule is Cc1cc(C)c(C(=O)COC(=O)c2ccccc2Sc2ccccc2C#N)cc1C. The fourth-order valence-electron chi connectivity index (χ4n) is 3.04. The first-order chi connectivity index (χ1) is 14.4. The van der Waals surface area contributed by atoms with Crippen LogP contribution in [0.25, 0.3) is 0 Å². The third kappa shape index (κ3) is 4.79. The number of benzene rings is 3. The second-order valence-corrected chi connectivity index (χ2v) is 8.04. The first-order valence-corrected chi connectivity index (χ1v) is 10.3. The summed E-state index contributed by atoms with van der Waals surface area (Å²) in [6.45, 7) is 5.50. The van der Waals surface area contributed by atoms with Gasteiger partial charge in [-0.3, -0.25) is 4.79 Å². The average Bonchev–Trinajstić information content (AvgIpc) is 2.75. The molecule has 0 atom stereocenters. The molecule has 3 aromatic carbocycles. The fourth-order valence-corrected chi connectivity index (χ4v) is 4.05. The zero-order valence-electron chi connectivity index (χ0n) is 17.1. The van der Waals surface area contributed by atoms with Gasteiger partial charge in [-0.25, -0.2) is 4.79 Å². The Morgan fingerprint density at radius 2 is 1.50 bits per heavy atom. The van der Waals surface area contributed by atoms with Crippen LogP contribution in [0.3, 0.4) is 0 Å². The summed E-state index contributed by atoms with van der Waals surface area (Å²) in [5, 5.41) is 9.29. The van der Waals surface area contributed by atoms with E-state index >= 15 is 0 Å². The van der Waals surface area contributed by atoms with Crippen LogP contribution < -0.4 is 0 Å². The normalized spacial score (nSPS) is 10.3. The van der Waals surface area contributed by atoms with Crippen LogP contribution in [0.5, 0.6) is 0 Å². The van der Waals surface area contributed by atoms with Crippen molar-refractivity contribution in [3.05, 3.63) is 94.0 Å². The van der Waals surface area contributed by atoms with E-state index < -0.39 is 5.97 Å². The molecule has 0 radical (unpaired) electrons. The zero-order valence-corrected chi connectivity index (χ0v) is 17.9. The number of hydrogen-bond acceptors (Lipinski definition) is 5. The number of esters is 1. The number of carbonyl (C=O) groups is 2. The number of rotatable bonds is 6. The molecular weight excluding hydrogens is 394 g/mol. The number of carbonyl (C=O) groups excluding carboxylic acids is 2. The summed E-state index contributed by atoms with van der Waals surface area (Å²) in [5.74, 6) is -0.800. The van der Waals surface area contributed by atoms with E-state index in [1.165, 1.54) is 11.8 Å². The van der Waals surface area contributed by atoms with Crippen LogP contribution >= 0.6 is 11.8 Å². The molecule has 0 bridgehead atoms. The molecule has 5 heteroatoms. The first kappa shape index (κ1) is 21.4. The van der Waals surface area contributed by atoms with Crippen molar-refractivity contribution in [1.29, 1.82) is 5.26 Å². The van der Waals surface area contributed by atoms with Crippen molar-refractivity contribution in [3.8, 4) is 6.07 Å². The monoisotopic (exact) mass is 415 g/mol. The Morgan fingerprint density at radius 1 is 0.867 bits per heavy atom. The van der Waals surface area contributed by atoms with Crippen LogP contribution in [0.1, 0.15) is 43.0 Å². The minimum absolute atomic E-state index is 0.232. The van der Waals surface area contributed by atoms with Crippen LogP contribution in [0.2, 0.25) is 0 Å². The van der Waals surface area contributed by atoms with Gasteiger partial charge in [0.25, 0.3) is 0 Å². The smallest absolute Gasteiger partial charge is 0.339 e. The van der Waals surface area contributed by atoms with Gasteiger partial charge >= 0.3 is 5.97 Å². The topological polar surface area (TPSA) is 67.2 Å². The molecule has 0 N–H and O–H groups in total. The molecule has 0 spiro atoms. The molecule has 0 heterocycles. The van der Waals surface area contributed by atoms with Crippen LogP contribution in [0.4, 0.5) is 0 Å². The van der Waals surface area contributed by atoms with Gasteiger partial charge < -0.3 is 4.74 Å². The highest BCUT2D eigenvalue weighted by atomic mass is 32.2. The molecule has 150 valence electrons. The number of nitriles is 1. The van der Waals surface area contributed by atoms with Crippen LogP contribution in [-0.4, -0.2) is 18.4 Å². The highest BCUT2D eigenvalue weighted by molar-refractivity contribution is 7.99. The van der Waals surface area contributed by atoms with E-state index in [9.17, 15) is 14.9 Å². The van der Waals surface area contributed by atoms with Gasteiger partial charge in [0.1, 0.15) is 6.07 Å². The molecule has 30 heavy (non-hydrogen) atoms. The Kier molecular flexibility index (Phi) is 6.71. The molecular formula is C25H21NO3S. The van der Waals surface area contributed by atoms with E-state index in [2.05, 4.69) is 6.07 Å². The highest BCUT2D eigenvalue weighted by Crippen LogP contribution is 2.32. The lowest BCUT2D eigenvalue weighted by molar-refractivity contribution is 0.0471. The fraction of sp³-hybridized carbons (Fsp3) is 0.160. The summed E-state index contributed by atoms with van der Waals surface area (Å²) in [4.78, 5) is 26.7. The molecule has 3 aromatic rings. The summed E-state index contributed by atoms with van der Waals surface area (Å²) >= 11 is 1.32. The quantitative estimate of drug-likeness (QED) is 0.383. The third-order valence-electron chi connectivity index (χ3n) is 4.81. The molecule has 0 aromatic heterocycles. The van der Waals surface area contributed by atoms with Gasteiger partial charge in [-0.15, -0.1) is 0 Å². The van der Waals surface area contributed by atoms with Gasteiger partial charge in [0, 0.05) is 15.4 Å². The number of aryl methyl sites for hydroxylation is 3. The molecule has 0 fully saturated rings. The molecule has 0 aliphatic heterocycles. The average molecular weight is 416 g/mol. The molecule has 3 rings (SSSR count). The molecule has 0 amide bonds. The van der Waals surface area contributed by atoms with Gasteiger partial charge in [-0.1, -0.05) is 42.1 Å². The largest absolute Gasteiger partial charge is 0.454 e. The number of Topliss-reactive ketones (excluding diaryl/α,β-unsaturated/α-hetero) is 1. The Labute approximate surface area is 180 Å². The second kappa shape index (κ2) is 9.43. The van der Waals surface area contributed by atoms with Gasteiger partial charge in [-0.05, 0) is 67.8 Å². The maximum atomic E-state index is 12.7. The Bertz CT molecular complexity index is 1160. The van der Waals surface area contributed by atoms with Crippen LogP contribution in [-0.2, 0) is 4.74 Å². The summed E-state index contributed by atoms with van der Waals surface area (Å²) in [7, 11) is 0. The number of ether oxygens (including phenoxy) is 1. The van der Waals surface area contributed by atoms with Crippen molar-refractivity contribution in [2.24, 2.45) is 0 Å². The second-order valence-electron chi connectivity index (χ2n) is 6.96. The lowest BCUT2D eigenvalue weighted by atomic mass is 9.98. The van der Waals surface area contributed by atoms with E-state index in [4.69, 9.17) is 4.74 Å². The molecule has 0 aliphatic rings. The van der Waals surface area contributed by atoms with Crippen molar-refractivity contribution in [1.82, 2.24) is 0 Å². The van der Waals surface area contributed by atoms with Crippen molar-refractivity contribution < 1.29 is 14.3 Å². The maximum Gasteiger partial charge on any atom is 0.339 e. The van der Waals surface area contributed by atoms with Crippen molar-refractivity contribution >= 4 is 23.5 Å². The van der Waals surface area contributed by atoms with E-state index in [0.29, 0.717) is 21.6 Å². The molecule has 0 aliphatic carbocycles. The van der Waals surface area contributed by atoms with Gasteiger partial charge in [-0.2, -0.15) is 5.26 Å². The number of hydrogen-bond donors (Lipinski definition) is 0. The summed E-state index contributed by atoms with van der Waals surface area (Å²) in [6.07, 6.45) is 0. The summed E-state index contributed by atoms with van der Waals surface area (Å²) in [5.41, 5.74) is 4.46. The molecule has 0 saturated carbocycles. The first-order valence-electron chi connectivity index (χ1n) is 9.45. The Hall–Kier alpha value is -3.36. The molecule has 4 nitrogen and oxygen atoms in total. The van der Waals surface area contributed by atoms with Crippen molar-refractivity contribution in [2.45, 2.75) is 30.6 Å². The molecule has 0 unspecified atom stereocenters. The van der Waals surface area contributed by atoms with Crippen molar-refractivity contribution in [3.63, 3.8) is 0 Å². The number of ketones is 1. The van der Waals surface area contributed by atoms with Crippen LogP contribution in [0.15, 0.2) is 70.5 Å². The lowest BCUT2D eigenvalue weighted by Crippen LogP contribution is -2.16. The highest BCUT2D eigenvalue weighted by Gasteiger charge is 2.18. The minimum Gasteiger partial charge on any atom is -0.454 e. The van der Waals surface area contributed by atoms with E-state index in [1.807, 2.05) is 51.1 Å². The Morgan fingerprint density at radius 3 is 2.23 bits per heavy atom. The predicted molar refractivity (Wildman–Crippen MR) is 117 cm³/mol. The maximum absolute atomic E-state index is 12.7. The van der Waals surface area contributed by atoms with E-state index in [-0.39, 0.29) is 12.4 Å². The van der Waals surface area contributed by atoms with Gasteiger partial charge in [0.15, 0.2) is 6.61 Å².